The summed E-state index contributed by atoms with van der Waals surface area (Å²) < 4.78 is 3.66. The van der Waals surface area contributed by atoms with Gasteiger partial charge in [-0.1, -0.05) is 36.4 Å². The third-order valence-electron chi connectivity index (χ3n) is 7.72. The molecule has 4 N–H and O–H groups in total. The number of aliphatic hydroxyl groups is 2. The van der Waals surface area contributed by atoms with E-state index in [-0.39, 0.29) is 19.1 Å². The summed E-state index contributed by atoms with van der Waals surface area (Å²) in [6, 6.07) is 14.6. The minimum atomic E-state index is -2.16. The van der Waals surface area contributed by atoms with Crippen LogP contribution < -0.4 is 10.6 Å². The summed E-state index contributed by atoms with van der Waals surface area (Å²) >= 11 is 0. The maximum Gasteiger partial charge on any atom is 0.259 e. The highest BCUT2D eigenvalue weighted by Crippen LogP contribution is 2.46. The van der Waals surface area contributed by atoms with E-state index in [0.29, 0.717) is 38.4 Å². The van der Waals surface area contributed by atoms with Crippen LogP contribution in [0.15, 0.2) is 48.5 Å². The topological polar surface area (TPSA) is 126 Å². The fourth-order valence-corrected chi connectivity index (χ4v) is 6.17. The van der Waals surface area contributed by atoms with Crippen molar-refractivity contribution < 1.29 is 24.6 Å². The predicted octanol–water partition coefficient (Wildman–Crippen LogP) is 2.42. The number of nitrogens with one attached hydrogen (secondary N) is 2. The van der Waals surface area contributed by atoms with Crippen molar-refractivity contribution in [3.05, 3.63) is 59.7 Å². The standard InChI is InChI=1S/C28H24N4O5/c1-13(2)29-27(36)28(37)12-32-17-10-6-4-8-15(17)20-22-21(25(34)30-26(22)35)19-14-7-3-5-9-16(14)31(11-18(28)33)23(19)24(20)32/h3-10,13,18,33,37H,11-12H2,1-2H3,(H,29,36)(H,30,34,35). The molecule has 0 spiro atoms. The van der Waals surface area contributed by atoms with E-state index >= 15 is 0 Å². The molecule has 9 nitrogen and oxygen atoms in total. The monoisotopic (exact) mass is 496 g/mol. The summed E-state index contributed by atoms with van der Waals surface area (Å²) in [7, 11) is 0. The molecule has 7 rings (SSSR count). The first-order valence-electron chi connectivity index (χ1n) is 12.3. The average molecular weight is 497 g/mol. The third-order valence-corrected chi connectivity index (χ3v) is 7.72. The number of benzene rings is 3. The number of imide groups is 1. The summed E-state index contributed by atoms with van der Waals surface area (Å²) in [5.41, 5.74) is 1.17. The van der Waals surface area contributed by atoms with Gasteiger partial charge in [0.15, 0.2) is 5.60 Å². The number of aliphatic hydroxyl groups excluding tert-OH is 1. The van der Waals surface area contributed by atoms with E-state index < -0.39 is 29.4 Å². The van der Waals surface area contributed by atoms with Crippen molar-refractivity contribution in [1.82, 2.24) is 19.8 Å². The van der Waals surface area contributed by atoms with Crippen LogP contribution in [0.2, 0.25) is 0 Å². The van der Waals surface area contributed by atoms with Crippen LogP contribution in [0, 0.1) is 0 Å². The van der Waals surface area contributed by atoms with Gasteiger partial charge in [0.1, 0.15) is 6.10 Å². The highest BCUT2D eigenvalue weighted by Gasteiger charge is 2.47. The Labute approximate surface area is 210 Å². The Morgan fingerprint density at radius 2 is 1.46 bits per heavy atom. The molecule has 5 aromatic rings. The fraction of sp³-hybridized carbons (Fsp3) is 0.250. The van der Waals surface area contributed by atoms with Crippen LogP contribution in [0.3, 0.4) is 0 Å². The Balaban J connectivity index is 1.74. The van der Waals surface area contributed by atoms with Crippen molar-refractivity contribution >= 4 is 61.3 Å². The SMILES string of the molecule is CC(C)NC(=O)C1(O)Cn2c3ccccc3c3c4c(c5c6ccccc6n(c5c32)CC1O)C(=O)NC4=O. The molecular weight excluding hydrogens is 472 g/mol. The van der Waals surface area contributed by atoms with Gasteiger partial charge < -0.3 is 24.7 Å². The lowest BCUT2D eigenvalue weighted by molar-refractivity contribution is -0.157. The average Bonchev–Trinajstić information content (AvgIpc) is 3.45. The maximum absolute atomic E-state index is 13.4. The van der Waals surface area contributed by atoms with Gasteiger partial charge in [-0.25, -0.2) is 0 Å². The number of fused-ring (bicyclic) bond motifs is 9. The van der Waals surface area contributed by atoms with E-state index in [0.717, 1.165) is 16.3 Å². The molecule has 0 fully saturated rings. The Morgan fingerprint density at radius 3 is 2.03 bits per heavy atom. The molecular formula is C28H24N4O5. The quantitative estimate of drug-likeness (QED) is 0.279. The minimum Gasteiger partial charge on any atom is -0.388 e. The van der Waals surface area contributed by atoms with Gasteiger partial charge in [-0.3, -0.25) is 19.7 Å². The van der Waals surface area contributed by atoms with Gasteiger partial charge in [0.25, 0.3) is 17.7 Å². The molecule has 4 heterocycles. The Bertz CT molecular complexity index is 1860. The molecule has 186 valence electrons. The smallest absolute Gasteiger partial charge is 0.259 e. The van der Waals surface area contributed by atoms with E-state index in [1.54, 1.807) is 18.4 Å². The largest absolute Gasteiger partial charge is 0.388 e. The van der Waals surface area contributed by atoms with Crippen LogP contribution in [-0.4, -0.2) is 54.8 Å². The first-order valence-corrected chi connectivity index (χ1v) is 12.3. The number of hydrogen-bond acceptors (Lipinski definition) is 5. The summed E-state index contributed by atoms with van der Waals surface area (Å²) in [4.78, 5) is 39.7. The second-order valence-corrected chi connectivity index (χ2v) is 10.3. The molecule has 2 atom stereocenters. The number of para-hydroxylation sites is 2. The summed E-state index contributed by atoms with van der Waals surface area (Å²) in [6.07, 6.45) is -1.46. The molecule has 3 amide bonds. The number of aromatic nitrogens is 2. The van der Waals surface area contributed by atoms with E-state index in [9.17, 15) is 24.6 Å². The number of carbonyl (C=O) groups is 3. The molecule has 0 saturated carbocycles. The van der Waals surface area contributed by atoms with Crippen LogP contribution in [0.1, 0.15) is 34.6 Å². The molecule has 0 aliphatic carbocycles. The van der Waals surface area contributed by atoms with Gasteiger partial charge in [-0.15, -0.1) is 0 Å². The highest BCUT2D eigenvalue weighted by atomic mass is 16.4. The normalized spacial score (nSPS) is 21.3. The number of amides is 3. The molecule has 0 saturated heterocycles. The van der Waals surface area contributed by atoms with Crippen LogP contribution >= 0.6 is 0 Å². The lowest BCUT2D eigenvalue weighted by Crippen LogP contribution is -2.60. The van der Waals surface area contributed by atoms with E-state index in [1.165, 1.54) is 0 Å². The summed E-state index contributed by atoms with van der Waals surface area (Å²) in [5, 5.41) is 31.2. The zero-order valence-corrected chi connectivity index (χ0v) is 20.2. The van der Waals surface area contributed by atoms with Gasteiger partial charge in [-0.2, -0.15) is 0 Å². The summed E-state index contributed by atoms with van der Waals surface area (Å²) in [6.45, 7) is 3.26. The second-order valence-electron chi connectivity index (χ2n) is 10.3. The molecule has 2 aromatic heterocycles. The number of hydrogen-bond donors (Lipinski definition) is 4. The number of rotatable bonds is 2. The van der Waals surface area contributed by atoms with Crippen molar-refractivity contribution in [2.75, 3.05) is 0 Å². The van der Waals surface area contributed by atoms with Gasteiger partial charge in [0.2, 0.25) is 0 Å². The third kappa shape index (κ3) is 2.67. The maximum atomic E-state index is 13.4. The zero-order chi connectivity index (χ0) is 25.8. The van der Waals surface area contributed by atoms with Crippen molar-refractivity contribution in [3.8, 4) is 0 Å². The van der Waals surface area contributed by atoms with Crippen LogP contribution in [0.25, 0.3) is 43.6 Å². The lowest BCUT2D eigenvalue weighted by atomic mass is 9.92. The van der Waals surface area contributed by atoms with Gasteiger partial charge in [-0.05, 0) is 26.0 Å². The van der Waals surface area contributed by atoms with Crippen LogP contribution in [0.4, 0.5) is 0 Å². The van der Waals surface area contributed by atoms with Gasteiger partial charge in [0.05, 0.1) is 35.2 Å². The molecule has 0 bridgehead atoms. The highest BCUT2D eigenvalue weighted by molar-refractivity contribution is 6.39. The zero-order valence-electron chi connectivity index (χ0n) is 20.2. The Hall–Kier alpha value is -4.21. The van der Waals surface area contributed by atoms with Gasteiger partial charge >= 0.3 is 0 Å². The summed E-state index contributed by atoms with van der Waals surface area (Å²) in [5.74, 6) is -1.61. The molecule has 9 heteroatoms. The molecule has 3 aromatic carbocycles. The van der Waals surface area contributed by atoms with Crippen LogP contribution in [0.5, 0.6) is 0 Å². The molecule has 2 unspecified atom stereocenters. The second kappa shape index (κ2) is 7.18. The van der Waals surface area contributed by atoms with Crippen LogP contribution in [-0.2, 0) is 17.9 Å². The van der Waals surface area contributed by atoms with Gasteiger partial charge in [0, 0.05) is 38.6 Å². The fourth-order valence-electron chi connectivity index (χ4n) is 6.17. The molecule has 0 radical (unpaired) electrons. The van der Waals surface area contributed by atoms with E-state index in [1.807, 2.05) is 53.1 Å². The van der Waals surface area contributed by atoms with E-state index in [2.05, 4.69) is 10.6 Å². The van der Waals surface area contributed by atoms with E-state index in [4.69, 9.17) is 0 Å². The van der Waals surface area contributed by atoms with Crippen molar-refractivity contribution in [2.45, 2.75) is 44.7 Å². The molecule has 2 aliphatic heterocycles. The number of nitrogens with zero attached hydrogens (tertiary/aromatic N) is 2. The Kier molecular flexibility index (Phi) is 4.27. The van der Waals surface area contributed by atoms with Crippen molar-refractivity contribution in [3.63, 3.8) is 0 Å². The molecule has 37 heavy (non-hydrogen) atoms. The lowest BCUT2D eigenvalue weighted by Gasteiger charge is -2.35. The number of carbonyl (C=O) groups excluding carboxylic acids is 3. The molecule has 2 aliphatic rings. The first-order chi connectivity index (χ1) is 17.7. The predicted molar refractivity (Wildman–Crippen MR) is 138 cm³/mol. The first kappa shape index (κ1) is 22.0. The Morgan fingerprint density at radius 1 is 0.946 bits per heavy atom. The van der Waals surface area contributed by atoms with Crippen molar-refractivity contribution in [1.29, 1.82) is 0 Å². The minimum absolute atomic E-state index is 0.0863. The van der Waals surface area contributed by atoms with Crippen molar-refractivity contribution in [2.24, 2.45) is 0 Å².